The van der Waals surface area contributed by atoms with E-state index in [0.717, 1.165) is 6.07 Å². The maximum Gasteiger partial charge on any atom is 0.258 e. The minimum atomic E-state index is -0.730. The average Bonchev–Trinajstić information content (AvgIpc) is 2.59. The second-order valence-corrected chi connectivity index (χ2v) is 5.66. The molecule has 0 heterocycles. The van der Waals surface area contributed by atoms with Crippen LogP contribution in [0.4, 0.5) is 10.1 Å². The summed E-state index contributed by atoms with van der Waals surface area (Å²) in [6.45, 7) is 0.981. The fourth-order valence-electron chi connectivity index (χ4n) is 2.17. The second-order valence-electron chi connectivity index (χ2n) is 5.23. The van der Waals surface area contributed by atoms with Crippen molar-refractivity contribution in [1.82, 2.24) is 5.32 Å². The zero-order valence-electron chi connectivity index (χ0n) is 13.6. The number of carbonyl (C=O) groups is 2. The Kier molecular flexibility index (Phi) is 6.91. The molecule has 0 aliphatic rings. The smallest absolute Gasteiger partial charge is 0.258 e. The lowest BCUT2D eigenvalue weighted by Gasteiger charge is -2.12. The summed E-state index contributed by atoms with van der Waals surface area (Å²) in [5.74, 6) is -1.72. The first kappa shape index (κ1) is 18.9. The molecule has 132 valence electrons. The van der Waals surface area contributed by atoms with Crippen LogP contribution < -0.4 is 10.6 Å². The van der Waals surface area contributed by atoms with E-state index < -0.39 is 11.7 Å². The summed E-state index contributed by atoms with van der Waals surface area (Å²) in [6, 6.07) is 10.3. The minimum Gasteiger partial charge on any atom is -0.385 e. The van der Waals surface area contributed by atoms with Crippen LogP contribution in [0.25, 0.3) is 0 Å². The van der Waals surface area contributed by atoms with Gasteiger partial charge in [0.15, 0.2) is 0 Å². The number of nitrogens with one attached hydrogen (secondary N) is 2. The van der Waals surface area contributed by atoms with Crippen molar-refractivity contribution in [2.45, 2.75) is 6.42 Å². The molecule has 0 spiro atoms. The molecule has 2 amide bonds. The highest BCUT2D eigenvalue weighted by molar-refractivity contribution is 6.30. The van der Waals surface area contributed by atoms with Crippen molar-refractivity contribution in [2.24, 2.45) is 0 Å². The van der Waals surface area contributed by atoms with E-state index >= 15 is 0 Å². The number of hydrogen-bond donors (Lipinski definition) is 2. The molecule has 25 heavy (non-hydrogen) atoms. The molecule has 5 nitrogen and oxygen atoms in total. The van der Waals surface area contributed by atoms with Crippen LogP contribution in [-0.2, 0) is 4.74 Å². The van der Waals surface area contributed by atoms with Gasteiger partial charge in [-0.05, 0) is 36.8 Å². The number of rotatable bonds is 7. The highest BCUT2D eigenvalue weighted by Gasteiger charge is 2.16. The summed E-state index contributed by atoms with van der Waals surface area (Å²) in [5.41, 5.74) is 0.438. The van der Waals surface area contributed by atoms with Crippen molar-refractivity contribution in [3.05, 3.63) is 64.4 Å². The topological polar surface area (TPSA) is 67.4 Å². The predicted octanol–water partition coefficient (Wildman–Crippen LogP) is 3.50. The van der Waals surface area contributed by atoms with E-state index in [1.807, 2.05) is 0 Å². The minimum absolute atomic E-state index is 0.153. The quantitative estimate of drug-likeness (QED) is 0.739. The molecule has 2 rings (SSSR count). The van der Waals surface area contributed by atoms with Crippen LogP contribution in [0.3, 0.4) is 0 Å². The second kappa shape index (κ2) is 9.15. The predicted molar refractivity (Wildman–Crippen MR) is 94.6 cm³/mol. The molecule has 0 radical (unpaired) electrons. The summed E-state index contributed by atoms with van der Waals surface area (Å²) in [4.78, 5) is 24.5. The van der Waals surface area contributed by atoms with Crippen LogP contribution in [0.1, 0.15) is 27.1 Å². The summed E-state index contributed by atoms with van der Waals surface area (Å²) in [7, 11) is 1.59. The van der Waals surface area contributed by atoms with E-state index in [1.165, 1.54) is 12.1 Å². The summed E-state index contributed by atoms with van der Waals surface area (Å²) < 4.78 is 18.8. The lowest BCUT2D eigenvalue weighted by Crippen LogP contribution is -2.26. The van der Waals surface area contributed by atoms with Gasteiger partial charge >= 0.3 is 0 Å². The van der Waals surface area contributed by atoms with Gasteiger partial charge in [-0.15, -0.1) is 0 Å². The lowest BCUT2D eigenvalue weighted by molar-refractivity contribution is 0.0949. The van der Waals surface area contributed by atoms with Crippen LogP contribution in [-0.4, -0.2) is 32.1 Å². The molecule has 0 fully saturated rings. The molecule has 0 saturated heterocycles. The van der Waals surface area contributed by atoms with Gasteiger partial charge in [0.2, 0.25) is 0 Å². The number of methoxy groups -OCH3 is 1. The van der Waals surface area contributed by atoms with Gasteiger partial charge < -0.3 is 15.4 Å². The Morgan fingerprint density at radius 1 is 1.12 bits per heavy atom. The Bertz CT molecular complexity index is 768. The number of para-hydroxylation sites is 1. The van der Waals surface area contributed by atoms with Gasteiger partial charge in [0, 0.05) is 25.3 Å². The van der Waals surface area contributed by atoms with Gasteiger partial charge in [0.1, 0.15) is 5.82 Å². The van der Waals surface area contributed by atoms with Crippen molar-refractivity contribution >= 4 is 29.1 Å². The fraction of sp³-hybridized carbons (Fsp3) is 0.222. The molecule has 0 aliphatic heterocycles. The SMILES string of the molecule is COCCCNC(=O)c1ccccc1NC(=O)c1ccc(Cl)cc1F. The Hall–Kier alpha value is -2.44. The standard InChI is InChI=1S/C18H18ClFN2O3/c1-25-10-4-9-21-17(23)14-5-2-3-6-16(14)22-18(24)13-8-7-12(19)11-15(13)20/h2-3,5-8,11H,4,9-10H2,1H3,(H,21,23)(H,22,24). The van der Waals surface area contributed by atoms with Crippen molar-refractivity contribution < 1.29 is 18.7 Å². The van der Waals surface area contributed by atoms with Gasteiger partial charge in [-0.1, -0.05) is 23.7 Å². The first-order valence-electron chi connectivity index (χ1n) is 7.65. The number of ether oxygens (including phenoxy) is 1. The monoisotopic (exact) mass is 364 g/mol. The van der Waals surface area contributed by atoms with Crippen LogP contribution in [0.15, 0.2) is 42.5 Å². The number of benzene rings is 2. The van der Waals surface area contributed by atoms with Crippen molar-refractivity contribution in [2.75, 3.05) is 25.6 Å². The Morgan fingerprint density at radius 2 is 1.88 bits per heavy atom. The number of anilines is 1. The highest BCUT2D eigenvalue weighted by atomic mass is 35.5. The van der Waals surface area contributed by atoms with Crippen LogP contribution in [0.2, 0.25) is 5.02 Å². The first-order valence-corrected chi connectivity index (χ1v) is 8.03. The van der Waals surface area contributed by atoms with Gasteiger partial charge in [0.05, 0.1) is 16.8 Å². The molecule has 0 aliphatic carbocycles. The molecule has 0 unspecified atom stereocenters. The first-order chi connectivity index (χ1) is 12.0. The third-order valence-electron chi connectivity index (χ3n) is 3.41. The molecule has 0 atom stereocenters. The Balaban J connectivity index is 2.12. The third kappa shape index (κ3) is 5.27. The molecular weight excluding hydrogens is 347 g/mol. The van der Waals surface area contributed by atoms with E-state index in [9.17, 15) is 14.0 Å². The molecule has 2 aromatic carbocycles. The van der Waals surface area contributed by atoms with E-state index in [1.54, 1.807) is 31.4 Å². The number of hydrogen-bond acceptors (Lipinski definition) is 3. The number of halogens is 2. The van der Waals surface area contributed by atoms with E-state index in [-0.39, 0.29) is 16.5 Å². The lowest BCUT2D eigenvalue weighted by atomic mass is 10.1. The van der Waals surface area contributed by atoms with E-state index in [4.69, 9.17) is 16.3 Å². The highest BCUT2D eigenvalue weighted by Crippen LogP contribution is 2.19. The zero-order chi connectivity index (χ0) is 18.2. The largest absolute Gasteiger partial charge is 0.385 e. The molecular formula is C18H18ClFN2O3. The van der Waals surface area contributed by atoms with Gasteiger partial charge in [-0.3, -0.25) is 9.59 Å². The van der Waals surface area contributed by atoms with Gasteiger partial charge in [-0.2, -0.15) is 0 Å². The Labute approximate surface area is 150 Å². The van der Waals surface area contributed by atoms with E-state index in [2.05, 4.69) is 10.6 Å². The van der Waals surface area contributed by atoms with Crippen LogP contribution in [0, 0.1) is 5.82 Å². The van der Waals surface area contributed by atoms with E-state index in [0.29, 0.717) is 30.8 Å². The molecule has 0 bridgehead atoms. The molecule has 0 aromatic heterocycles. The summed E-state index contributed by atoms with van der Waals surface area (Å²) >= 11 is 5.69. The van der Waals surface area contributed by atoms with Crippen LogP contribution in [0.5, 0.6) is 0 Å². The fourth-order valence-corrected chi connectivity index (χ4v) is 2.33. The average molecular weight is 365 g/mol. The zero-order valence-corrected chi connectivity index (χ0v) is 14.4. The van der Waals surface area contributed by atoms with Crippen molar-refractivity contribution in [3.8, 4) is 0 Å². The van der Waals surface area contributed by atoms with Crippen molar-refractivity contribution in [1.29, 1.82) is 0 Å². The third-order valence-corrected chi connectivity index (χ3v) is 3.64. The molecule has 2 aromatic rings. The maximum absolute atomic E-state index is 13.9. The molecule has 0 saturated carbocycles. The Morgan fingerprint density at radius 3 is 2.60 bits per heavy atom. The van der Waals surface area contributed by atoms with Gasteiger partial charge in [-0.25, -0.2) is 4.39 Å². The van der Waals surface area contributed by atoms with Gasteiger partial charge in [0.25, 0.3) is 11.8 Å². The van der Waals surface area contributed by atoms with Crippen LogP contribution >= 0.6 is 11.6 Å². The molecule has 7 heteroatoms. The summed E-state index contributed by atoms with van der Waals surface area (Å²) in [5, 5.41) is 5.51. The number of carbonyl (C=O) groups excluding carboxylic acids is 2. The normalized spacial score (nSPS) is 10.4. The van der Waals surface area contributed by atoms with Crippen molar-refractivity contribution in [3.63, 3.8) is 0 Å². The number of amides is 2. The summed E-state index contributed by atoms with van der Waals surface area (Å²) in [6.07, 6.45) is 0.673. The molecule has 2 N–H and O–H groups in total. The maximum atomic E-state index is 13.9.